The SMILES string of the molecule is CCc1nncn1CCNC(=NC)NCCCNC(=O)OC(C)(C)C. The molecule has 1 heterocycles. The molecule has 25 heavy (non-hydrogen) atoms. The molecule has 0 unspecified atom stereocenters. The number of carbonyl (C=O) groups excluding carboxylic acids is 1. The summed E-state index contributed by atoms with van der Waals surface area (Å²) in [6.07, 6.45) is 2.97. The Morgan fingerprint density at radius 3 is 2.56 bits per heavy atom. The van der Waals surface area contributed by atoms with E-state index in [1.54, 1.807) is 13.4 Å². The monoisotopic (exact) mass is 353 g/mol. The van der Waals surface area contributed by atoms with E-state index < -0.39 is 11.7 Å². The summed E-state index contributed by atoms with van der Waals surface area (Å²) in [6.45, 7) is 10.3. The average molecular weight is 353 g/mol. The Hall–Kier alpha value is -2.32. The van der Waals surface area contributed by atoms with Crippen molar-refractivity contribution in [3.63, 3.8) is 0 Å². The van der Waals surface area contributed by atoms with Crippen LogP contribution in [-0.4, -0.2) is 59.1 Å². The number of amides is 1. The maximum atomic E-state index is 11.5. The molecule has 1 rings (SSSR count). The molecular formula is C16H31N7O2. The highest BCUT2D eigenvalue weighted by Crippen LogP contribution is 2.06. The second-order valence-corrected chi connectivity index (χ2v) is 6.50. The molecule has 1 amide bonds. The highest BCUT2D eigenvalue weighted by atomic mass is 16.6. The molecule has 3 N–H and O–H groups in total. The van der Waals surface area contributed by atoms with Gasteiger partial charge in [0.25, 0.3) is 0 Å². The van der Waals surface area contributed by atoms with Crippen molar-refractivity contribution in [2.45, 2.75) is 52.7 Å². The molecule has 0 aliphatic rings. The number of rotatable bonds is 8. The van der Waals surface area contributed by atoms with E-state index in [1.165, 1.54) is 0 Å². The van der Waals surface area contributed by atoms with Gasteiger partial charge in [-0.25, -0.2) is 4.79 Å². The second kappa shape index (κ2) is 10.5. The van der Waals surface area contributed by atoms with Crippen LogP contribution in [0.2, 0.25) is 0 Å². The van der Waals surface area contributed by atoms with Gasteiger partial charge in [0.1, 0.15) is 17.8 Å². The van der Waals surface area contributed by atoms with Gasteiger partial charge < -0.3 is 25.3 Å². The number of aryl methyl sites for hydroxylation is 1. The first-order chi connectivity index (χ1) is 11.9. The van der Waals surface area contributed by atoms with E-state index >= 15 is 0 Å². The first-order valence-electron chi connectivity index (χ1n) is 8.63. The van der Waals surface area contributed by atoms with Crippen LogP contribution in [0.25, 0.3) is 0 Å². The van der Waals surface area contributed by atoms with Crippen LogP contribution >= 0.6 is 0 Å². The highest BCUT2D eigenvalue weighted by molar-refractivity contribution is 5.79. The molecule has 0 aliphatic carbocycles. The molecule has 0 atom stereocenters. The van der Waals surface area contributed by atoms with Gasteiger partial charge in [-0.2, -0.15) is 0 Å². The summed E-state index contributed by atoms with van der Waals surface area (Å²) in [6, 6.07) is 0. The molecule has 0 bridgehead atoms. The molecule has 142 valence electrons. The van der Waals surface area contributed by atoms with Crippen molar-refractivity contribution in [1.82, 2.24) is 30.7 Å². The zero-order valence-corrected chi connectivity index (χ0v) is 15.9. The van der Waals surface area contributed by atoms with Gasteiger partial charge in [0.2, 0.25) is 0 Å². The highest BCUT2D eigenvalue weighted by Gasteiger charge is 2.15. The van der Waals surface area contributed by atoms with Gasteiger partial charge in [0.15, 0.2) is 5.96 Å². The standard InChI is InChI=1S/C16H31N7O2/c1-6-13-22-21-12-23(13)11-10-19-14(17-5)18-8-7-9-20-15(24)25-16(2,3)4/h12H,6-11H2,1-5H3,(H,20,24)(H2,17,18,19). The lowest BCUT2D eigenvalue weighted by Gasteiger charge is -2.19. The number of carbonyl (C=O) groups is 1. The maximum Gasteiger partial charge on any atom is 0.407 e. The Balaban J connectivity index is 2.15. The number of aliphatic imine (C=N–C) groups is 1. The number of hydrogen-bond donors (Lipinski definition) is 3. The fourth-order valence-corrected chi connectivity index (χ4v) is 2.05. The molecule has 1 aromatic rings. The lowest BCUT2D eigenvalue weighted by atomic mass is 10.2. The molecular weight excluding hydrogens is 322 g/mol. The predicted molar refractivity (Wildman–Crippen MR) is 97.6 cm³/mol. The van der Waals surface area contributed by atoms with Gasteiger partial charge in [0.05, 0.1) is 0 Å². The zero-order valence-electron chi connectivity index (χ0n) is 15.9. The lowest BCUT2D eigenvalue weighted by Crippen LogP contribution is -2.40. The van der Waals surface area contributed by atoms with E-state index in [0.717, 1.165) is 37.7 Å². The summed E-state index contributed by atoms with van der Waals surface area (Å²) in [5, 5.41) is 17.1. The molecule has 0 saturated heterocycles. The first-order valence-corrected chi connectivity index (χ1v) is 8.63. The van der Waals surface area contributed by atoms with Crippen molar-refractivity contribution in [2.24, 2.45) is 4.99 Å². The third-order valence-electron chi connectivity index (χ3n) is 3.19. The summed E-state index contributed by atoms with van der Waals surface area (Å²) in [4.78, 5) is 15.7. The normalized spacial score (nSPS) is 12.0. The molecule has 0 fully saturated rings. The zero-order chi connectivity index (χ0) is 18.7. The number of ether oxygens (including phenoxy) is 1. The Labute approximate surface area is 149 Å². The number of alkyl carbamates (subject to hydrolysis) is 1. The molecule has 0 saturated carbocycles. The third-order valence-corrected chi connectivity index (χ3v) is 3.19. The van der Waals surface area contributed by atoms with Crippen molar-refractivity contribution < 1.29 is 9.53 Å². The predicted octanol–water partition coefficient (Wildman–Crippen LogP) is 0.920. The first kappa shape index (κ1) is 20.7. The van der Waals surface area contributed by atoms with Crippen molar-refractivity contribution in [1.29, 1.82) is 0 Å². The number of aromatic nitrogens is 3. The Kier molecular flexibility index (Phi) is 8.73. The maximum absolute atomic E-state index is 11.5. The fourth-order valence-electron chi connectivity index (χ4n) is 2.05. The summed E-state index contributed by atoms with van der Waals surface area (Å²) in [5.41, 5.74) is -0.476. The number of nitrogens with one attached hydrogen (secondary N) is 3. The Morgan fingerprint density at radius 1 is 1.24 bits per heavy atom. The average Bonchev–Trinajstić information content (AvgIpc) is 2.98. The van der Waals surface area contributed by atoms with Gasteiger partial charge in [-0.1, -0.05) is 6.92 Å². The van der Waals surface area contributed by atoms with Crippen LogP contribution in [0.15, 0.2) is 11.3 Å². The van der Waals surface area contributed by atoms with E-state index in [9.17, 15) is 4.79 Å². The van der Waals surface area contributed by atoms with Crippen LogP contribution in [0, 0.1) is 0 Å². The lowest BCUT2D eigenvalue weighted by molar-refractivity contribution is 0.0527. The van der Waals surface area contributed by atoms with E-state index in [1.807, 2.05) is 25.3 Å². The van der Waals surface area contributed by atoms with Crippen molar-refractivity contribution >= 4 is 12.1 Å². The van der Waals surface area contributed by atoms with Crippen LogP contribution in [0.1, 0.15) is 39.9 Å². The quantitative estimate of drug-likeness (QED) is 0.365. The summed E-state index contributed by atoms with van der Waals surface area (Å²) in [7, 11) is 1.73. The van der Waals surface area contributed by atoms with Crippen LogP contribution in [0.3, 0.4) is 0 Å². The van der Waals surface area contributed by atoms with Gasteiger partial charge >= 0.3 is 6.09 Å². The van der Waals surface area contributed by atoms with Gasteiger partial charge in [0, 0.05) is 39.6 Å². The number of nitrogens with zero attached hydrogens (tertiary/aromatic N) is 4. The molecule has 0 aromatic carbocycles. The van der Waals surface area contributed by atoms with Gasteiger partial charge in [-0.3, -0.25) is 4.99 Å². The van der Waals surface area contributed by atoms with Crippen LogP contribution in [0.5, 0.6) is 0 Å². The number of guanidine groups is 1. The van der Waals surface area contributed by atoms with Crippen molar-refractivity contribution in [3.05, 3.63) is 12.2 Å². The molecule has 0 spiro atoms. The van der Waals surface area contributed by atoms with Crippen LogP contribution < -0.4 is 16.0 Å². The topological polar surface area (TPSA) is 105 Å². The van der Waals surface area contributed by atoms with Crippen molar-refractivity contribution in [3.8, 4) is 0 Å². The Bertz CT molecular complexity index is 549. The minimum atomic E-state index is -0.476. The van der Waals surface area contributed by atoms with E-state index in [-0.39, 0.29) is 0 Å². The minimum absolute atomic E-state index is 0.393. The van der Waals surface area contributed by atoms with Crippen molar-refractivity contribution in [2.75, 3.05) is 26.7 Å². The largest absolute Gasteiger partial charge is 0.444 e. The molecule has 0 aliphatic heterocycles. The summed E-state index contributed by atoms with van der Waals surface area (Å²) < 4.78 is 7.19. The summed E-state index contributed by atoms with van der Waals surface area (Å²) >= 11 is 0. The molecule has 1 aromatic heterocycles. The second-order valence-electron chi connectivity index (χ2n) is 6.50. The molecule has 9 heteroatoms. The van der Waals surface area contributed by atoms with Crippen LogP contribution in [0.4, 0.5) is 4.79 Å². The van der Waals surface area contributed by atoms with Gasteiger partial charge in [-0.05, 0) is 27.2 Å². The van der Waals surface area contributed by atoms with Gasteiger partial charge in [-0.15, -0.1) is 10.2 Å². The Morgan fingerprint density at radius 2 is 1.92 bits per heavy atom. The minimum Gasteiger partial charge on any atom is -0.444 e. The smallest absolute Gasteiger partial charge is 0.407 e. The molecule has 9 nitrogen and oxygen atoms in total. The molecule has 0 radical (unpaired) electrons. The number of hydrogen-bond acceptors (Lipinski definition) is 5. The van der Waals surface area contributed by atoms with E-state index in [0.29, 0.717) is 13.1 Å². The van der Waals surface area contributed by atoms with Crippen LogP contribution in [-0.2, 0) is 17.7 Å². The summed E-state index contributed by atoms with van der Waals surface area (Å²) in [5.74, 6) is 1.70. The fraction of sp³-hybridized carbons (Fsp3) is 0.750. The van der Waals surface area contributed by atoms with E-state index in [4.69, 9.17) is 4.74 Å². The third kappa shape index (κ3) is 8.92. The van der Waals surface area contributed by atoms with E-state index in [2.05, 4.69) is 38.1 Å².